The van der Waals surface area contributed by atoms with Gasteiger partial charge in [0.1, 0.15) is 0 Å². The summed E-state index contributed by atoms with van der Waals surface area (Å²) in [6.07, 6.45) is 0. The molecule has 6 aromatic carbocycles. The van der Waals surface area contributed by atoms with Gasteiger partial charge in [-0.3, -0.25) is 10.1 Å². The summed E-state index contributed by atoms with van der Waals surface area (Å²) in [5.74, 6) is 0. The number of nitrogens with zero attached hydrogens (tertiary/aromatic N) is 2. The quantitative estimate of drug-likeness (QED) is 0.167. The summed E-state index contributed by atoms with van der Waals surface area (Å²) in [7, 11) is 0. The summed E-state index contributed by atoms with van der Waals surface area (Å²) in [6, 6.07) is 36.2. The second-order valence-corrected chi connectivity index (χ2v) is 7.89. The number of para-hydroxylation sites is 1. The number of non-ortho nitro benzene ring substituents is 1. The van der Waals surface area contributed by atoms with Gasteiger partial charge in [0.25, 0.3) is 5.69 Å². The number of anilines is 3. The highest BCUT2D eigenvalue weighted by atomic mass is 16.6. The van der Waals surface area contributed by atoms with Gasteiger partial charge in [-0.15, -0.1) is 0 Å². The average molecular weight is 414 g/mol. The van der Waals surface area contributed by atoms with Crippen LogP contribution in [0.3, 0.4) is 0 Å². The molecule has 0 saturated heterocycles. The number of nitro groups is 1. The van der Waals surface area contributed by atoms with E-state index in [0.717, 1.165) is 22.4 Å². The summed E-state index contributed by atoms with van der Waals surface area (Å²) in [5, 5.41) is 18.5. The minimum atomic E-state index is -0.368. The SMILES string of the molecule is O=[N+]([O-])c1ccc(N(c2ccccc2)c2ccc3ccc4cccc5ccc2c3c45)cc1. The Bertz CT molecular complexity index is 1580. The first kappa shape index (κ1) is 18.3. The van der Waals surface area contributed by atoms with Crippen molar-refractivity contribution in [3.63, 3.8) is 0 Å². The van der Waals surface area contributed by atoms with Crippen LogP contribution in [0.2, 0.25) is 0 Å². The molecule has 0 spiro atoms. The van der Waals surface area contributed by atoms with Crippen LogP contribution in [0.1, 0.15) is 0 Å². The van der Waals surface area contributed by atoms with E-state index >= 15 is 0 Å². The van der Waals surface area contributed by atoms with Gasteiger partial charge >= 0.3 is 0 Å². The zero-order chi connectivity index (χ0) is 21.7. The van der Waals surface area contributed by atoms with Gasteiger partial charge in [0.2, 0.25) is 0 Å². The Morgan fingerprint density at radius 3 is 1.84 bits per heavy atom. The molecule has 4 nitrogen and oxygen atoms in total. The Labute approximate surface area is 184 Å². The van der Waals surface area contributed by atoms with Crippen LogP contribution in [0, 0.1) is 10.1 Å². The lowest BCUT2D eigenvalue weighted by Crippen LogP contribution is -2.10. The monoisotopic (exact) mass is 414 g/mol. The molecule has 0 radical (unpaired) electrons. The molecule has 0 unspecified atom stereocenters. The predicted octanol–water partition coefficient (Wildman–Crippen LogP) is 7.96. The van der Waals surface area contributed by atoms with E-state index in [1.807, 2.05) is 30.3 Å². The van der Waals surface area contributed by atoms with Gasteiger partial charge < -0.3 is 4.90 Å². The lowest BCUT2D eigenvalue weighted by molar-refractivity contribution is -0.384. The van der Waals surface area contributed by atoms with Gasteiger partial charge in [0, 0.05) is 28.9 Å². The molecule has 4 heteroatoms. The number of benzene rings is 6. The van der Waals surface area contributed by atoms with Crippen LogP contribution in [0.4, 0.5) is 22.7 Å². The van der Waals surface area contributed by atoms with Gasteiger partial charge in [-0.05, 0) is 57.3 Å². The first-order valence-corrected chi connectivity index (χ1v) is 10.5. The maximum atomic E-state index is 11.2. The molecule has 0 bridgehead atoms. The lowest BCUT2D eigenvalue weighted by Gasteiger charge is -2.27. The van der Waals surface area contributed by atoms with E-state index < -0.39 is 0 Å². The third-order valence-electron chi connectivity index (χ3n) is 6.08. The van der Waals surface area contributed by atoms with Crippen molar-refractivity contribution in [1.82, 2.24) is 0 Å². The van der Waals surface area contributed by atoms with Crippen LogP contribution in [0.5, 0.6) is 0 Å². The highest BCUT2D eigenvalue weighted by Gasteiger charge is 2.18. The maximum absolute atomic E-state index is 11.2. The summed E-state index contributed by atoms with van der Waals surface area (Å²) >= 11 is 0. The Balaban J connectivity index is 1.66. The average Bonchev–Trinajstić information content (AvgIpc) is 2.84. The molecule has 32 heavy (non-hydrogen) atoms. The third kappa shape index (κ3) is 2.77. The van der Waals surface area contributed by atoms with Crippen LogP contribution >= 0.6 is 0 Å². The van der Waals surface area contributed by atoms with Gasteiger partial charge in [0.15, 0.2) is 0 Å². The van der Waals surface area contributed by atoms with Crippen molar-refractivity contribution < 1.29 is 4.92 Å². The van der Waals surface area contributed by atoms with Crippen LogP contribution in [0.25, 0.3) is 32.3 Å². The van der Waals surface area contributed by atoms with E-state index in [9.17, 15) is 10.1 Å². The molecule has 0 aliphatic carbocycles. The fraction of sp³-hybridized carbons (Fsp3) is 0. The number of hydrogen-bond acceptors (Lipinski definition) is 3. The third-order valence-corrected chi connectivity index (χ3v) is 6.08. The summed E-state index contributed by atoms with van der Waals surface area (Å²) in [4.78, 5) is 13.0. The van der Waals surface area contributed by atoms with Crippen molar-refractivity contribution >= 4 is 55.1 Å². The van der Waals surface area contributed by atoms with Crippen molar-refractivity contribution in [2.75, 3.05) is 4.90 Å². The van der Waals surface area contributed by atoms with E-state index in [0.29, 0.717) is 0 Å². The van der Waals surface area contributed by atoms with Crippen molar-refractivity contribution in [2.24, 2.45) is 0 Å². The van der Waals surface area contributed by atoms with Crippen LogP contribution in [-0.4, -0.2) is 4.92 Å². The normalized spacial score (nSPS) is 11.4. The molecule has 0 N–H and O–H groups in total. The van der Waals surface area contributed by atoms with Gasteiger partial charge in [0.05, 0.1) is 10.6 Å². The van der Waals surface area contributed by atoms with Crippen molar-refractivity contribution in [1.29, 1.82) is 0 Å². The minimum Gasteiger partial charge on any atom is -0.310 e. The summed E-state index contributed by atoms with van der Waals surface area (Å²) < 4.78 is 0. The molecule has 0 atom stereocenters. The smallest absolute Gasteiger partial charge is 0.269 e. The molecular weight excluding hydrogens is 396 g/mol. The highest BCUT2D eigenvalue weighted by molar-refractivity contribution is 6.25. The number of nitro benzene ring substituents is 1. The summed E-state index contributed by atoms with van der Waals surface area (Å²) in [6.45, 7) is 0. The second-order valence-electron chi connectivity index (χ2n) is 7.89. The van der Waals surface area contributed by atoms with Crippen LogP contribution < -0.4 is 4.90 Å². The molecule has 6 aromatic rings. The Kier molecular flexibility index (Phi) is 4.05. The van der Waals surface area contributed by atoms with Crippen LogP contribution in [0.15, 0.2) is 109 Å². The van der Waals surface area contributed by atoms with E-state index in [4.69, 9.17) is 0 Å². The number of hydrogen-bond donors (Lipinski definition) is 0. The zero-order valence-corrected chi connectivity index (χ0v) is 17.1. The fourth-order valence-corrected chi connectivity index (χ4v) is 4.64. The molecule has 6 rings (SSSR count). The molecule has 0 fully saturated rings. The Morgan fingerprint density at radius 1 is 0.562 bits per heavy atom. The molecular formula is C28H18N2O2. The van der Waals surface area contributed by atoms with E-state index in [1.54, 1.807) is 12.1 Å². The number of rotatable bonds is 4. The first-order chi connectivity index (χ1) is 15.7. The zero-order valence-electron chi connectivity index (χ0n) is 17.1. The first-order valence-electron chi connectivity index (χ1n) is 10.5. The molecule has 0 heterocycles. The molecule has 152 valence electrons. The van der Waals surface area contributed by atoms with Crippen molar-refractivity contribution in [3.05, 3.63) is 119 Å². The largest absolute Gasteiger partial charge is 0.310 e. The molecule has 0 aliphatic rings. The fourth-order valence-electron chi connectivity index (χ4n) is 4.64. The van der Waals surface area contributed by atoms with Crippen molar-refractivity contribution in [3.8, 4) is 0 Å². The highest BCUT2D eigenvalue weighted by Crippen LogP contribution is 2.43. The van der Waals surface area contributed by atoms with E-state index in [1.165, 1.54) is 26.9 Å². The maximum Gasteiger partial charge on any atom is 0.269 e. The van der Waals surface area contributed by atoms with E-state index in [2.05, 4.69) is 71.6 Å². The van der Waals surface area contributed by atoms with Crippen LogP contribution in [-0.2, 0) is 0 Å². The lowest BCUT2D eigenvalue weighted by atomic mass is 9.93. The Hall–Kier alpha value is -4.44. The predicted molar refractivity (Wildman–Crippen MR) is 131 cm³/mol. The standard InChI is InChI=1S/C28H18N2O2/c31-30(32)24-15-13-23(14-16-24)29(22-7-2-1-3-8-22)26-18-12-21-10-9-19-5-4-6-20-11-17-25(26)28(21)27(19)20/h1-18H. The van der Waals surface area contributed by atoms with Crippen molar-refractivity contribution in [2.45, 2.75) is 0 Å². The molecule has 0 aliphatic heterocycles. The summed E-state index contributed by atoms with van der Waals surface area (Å²) in [5.41, 5.74) is 2.99. The molecule has 0 amide bonds. The van der Waals surface area contributed by atoms with Gasteiger partial charge in [-0.1, -0.05) is 66.7 Å². The Morgan fingerprint density at radius 2 is 1.16 bits per heavy atom. The molecule has 0 saturated carbocycles. The second kappa shape index (κ2) is 7.06. The van der Waals surface area contributed by atoms with Gasteiger partial charge in [-0.25, -0.2) is 0 Å². The van der Waals surface area contributed by atoms with E-state index in [-0.39, 0.29) is 10.6 Å². The van der Waals surface area contributed by atoms with Gasteiger partial charge in [-0.2, -0.15) is 0 Å². The molecule has 0 aromatic heterocycles. The minimum absolute atomic E-state index is 0.0807. The topological polar surface area (TPSA) is 46.4 Å².